The summed E-state index contributed by atoms with van der Waals surface area (Å²) in [5.41, 5.74) is 1.02. The molecule has 1 heterocycles. The molecule has 0 amide bonds. The number of guanidine groups is 1. The molecule has 1 aromatic rings. The molecular weight excluding hydrogens is 282 g/mol. The van der Waals surface area contributed by atoms with Crippen LogP contribution >= 0.6 is 11.3 Å². The predicted octanol–water partition coefficient (Wildman–Crippen LogP) is 2.70. The average Bonchev–Trinajstić information content (AvgIpc) is 2.94. The maximum atomic E-state index is 4.62. The molecule has 6 heteroatoms. The summed E-state index contributed by atoms with van der Waals surface area (Å²) in [7, 11) is 4.01. The fraction of sp³-hybridized carbons (Fsp3) is 0.733. The molecule has 0 atom stereocenters. The second-order valence-corrected chi connectivity index (χ2v) is 6.11. The van der Waals surface area contributed by atoms with Crippen molar-refractivity contribution in [1.29, 1.82) is 0 Å². The van der Waals surface area contributed by atoms with Crippen LogP contribution in [-0.4, -0.2) is 38.1 Å². The first-order chi connectivity index (χ1) is 10.1. The van der Waals surface area contributed by atoms with E-state index in [4.69, 9.17) is 0 Å². The predicted molar refractivity (Wildman–Crippen MR) is 93.3 cm³/mol. The first-order valence-electron chi connectivity index (χ1n) is 7.74. The molecule has 120 valence electrons. The Balaban J connectivity index is 2.57. The minimum Gasteiger partial charge on any atom is -0.357 e. The molecule has 21 heavy (non-hydrogen) atoms. The molecule has 1 rings (SSSR count). The normalized spacial score (nSPS) is 11.8. The quantitative estimate of drug-likeness (QED) is 0.572. The van der Waals surface area contributed by atoms with Gasteiger partial charge in [0.2, 0.25) is 0 Å². The number of hydrogen-bond acceptors (Lipinski definition) is 4. The van der Waals surface area contributed by atoms with Gasteiger partial charge < -0.3 is 15.5 Å². The molecule has 0 unspecified atom stereocenters. The number of nitrogens with zero attached hydrogens (tertiary/aromatic N) is 3. The van der Waals surface area contributed by atoms with Crippen LogP contribution in [0, 0.1) is 5.92 Å². The van der Waals surface area contributed by atoms with Crippen LogP contribution in [0.1, 0.15) is 39.3 Å². The zero-order chi connectivity index (χ0) is 15.7. The lowest BCUT2D eigenvalue weighted by Gasteiger charge is -2.16. The zero-order valence-electron chi connectivity index (χ0n) is 13.9. The zero-order valence-corrected chi connectivity index (χ0v) is 14.8. The van der Waals surface area contributed by atoms with Crippen LogP contribution in [0.15, 0.2) is 10.4 Å². The maximum absolute atomic E-state index is 4.62. The highest BCUT2D eigenvalue weighted by Gasteiger charge is 2.06. The molecule has 0 fully saturated rings. The number of nitrogens with one attached hydrogen (secondary N) is 2. The topological polar surface area (TPSA) is 52.6 Å². The highest BCUT2D eigenvalue weighted by atomic mass is 32.1. The van der Waals surface area contributed by atoms with Crippen molar-refractivity contribution in [3.8, 4) is 0 Å². The average molecular weight is 311 g/mol. The molecule has 0 spiro atoms. The molecular formula is C15H29N5S. The van der Waals surface area contributed by atoms with Gasteiger partial charge in [0, 0.05) is 32.6 Å². The van der Waals surface area contributed by atoms with Gasteiger partial charge in [0.05, 0.1) is 12.2 Å². The fourth-order valence-electron chi connectivity index (χ4n) is 1.89. The van der Waals surface area contributed by atoms with Gasteiger partial charge in [0.15, 0.2) is 11.1 Å². The first kappa shape index (κ1) is 17.8. The summed E-state index contributed by atoms with van der Waals surface area (Å²) in [6.07, 6.45) is 2.39. The summed E-state index contributed by atoms with van der Waals surface area (Å²) in [6.45, 7) is 9.01. The van der Waals surface area contributed by atoms with E-state index in [0.717, 1.165) is 29.9 Å². The molecule has 0 saturated carbocycles. The summed E-state index contributed by atoms with van der Waals surface area (Å²) < 4.78 is 0. The number of aliphatic imine (C=N–C) groups is 1. The molecule has 0 radical (unpaired) electrons. The van der Waals surface area contributed by atoms with Crippen LogP contribution < -0.4 is 15.5 Å². The van der Waals surface area contributed by atoms with Crippen molar-refractivity contribution in [2.75, 3.05) is 32.1 Å². The molecule has 1 aromatic heterocycles. The Labute approximate surface area is 132 Å². The lowest BCUT2D eigenvalue weighted by molar-refractivity contribution is 0.481. The van der Waals surface area contributed by atoms with E-state index in [1.807, 2.05) is 19.0 Å². The molecule has 5 nitrogen and oxygen atoms in total. The molecule has 0 aliphatic carbocycles. The van der Waals surface area contributed by atoms with E-state index in [1.165, 1.54) is 12.8 Å². The van der Waals surface area contributed by atoms with Gasteiger partial charge in [-0.15, -0.1) is 11.3 Å². The van der Waals surface area contributed by atoms with Crippen LogP contribution in [0.2, 0.25) is 0 Å². The van der Waals surface area contributed by atoms with Gasteiger partial charge in [0.25, 0.3) is 0 Å². The Morgan fingerprint density at radius 1 is 1.29 bits per heavy atom. The van der Waals surface area contributed by atoms with E-state index in [0.29, 0.717) is 12.5 Å². The van der Waals surface area contributed by atoms with E-state index in [1.54, 1.807) is 11.3 Å². The Bertz CT molecular complexity index is 423. The first-order valence-corrected chi connectivity index (χ1v) is 8.62. The standard InChI is InChI=1S/C15H29N5S/c1-6-12(7-2)9-17-14(16-8-3)18-10-13-11-21-15(19-13)20(4)5/h11-12H,6-10H2,1-5H3,(H2,16,17,18). The number of thiazole rings is 1. The fourth-order valence-corrected chi connectivity index (χ4v) is 2.64. The summed E-state index contributed by atoms with van der Waals surface area (Å²) in [6, 6.07) is 0. The van der Waals surface area contributed by atoms with Crippen LogP contribution in [0.4, 0.5) is 5.13 Å². The van der Waals surface area contributed by atoms with Gasteiger partial charge in [-0.05, 0) is 12.8 Å². The molecule has 2 N–H and O–H groups in total. The third kappa shape index (κ3) is 6.33. The van der Waals surface area contributed by atoms with Crippen molar-refractivity contribution in [2.45, 2.75) is 40.2 Å². The highest BCUT2D eigenvalue weighted by molar-refractivity contribution is 7.13. The Morgan fingerprint density at radius 3 is 2.52 bits per heavy atom. The van der Waals surface area contributed by atoms with Crippen molar-refractivity contribution < 1.29 is 0 Å². The third-order valence-electron chi connectivity index (χ3n) is 3.38. The van der Waals surface area contributed by atoms with Crippen molar-refractivity contribution in [3.63, 3.8) is 0 Å². The van der Waals surface area contributed by atoms with Gasteiger partial charge in [0.1, 0.15) is 0 Å². The van der Waals surface area contributed by atoms with Gasteiger partial charge in [-0.1, -0.05) is 26.7 Å². The molecule has 0 bridgehead atoms. The summed E-state index contributed by atoms with van der Waals surface area (Å²) >= 11 is 1.65. The lowest BCUT2D eigenvalue weighted by Crippen LogP contribution is -2.39. The van der Waals surface area contributed by atoms with Gasteiger partial charge >= 0.3 is 0 Å². The summed E-state index contributed by atoms with van der Waals surface area (Å²) in [4.78, 5) is 11.2. The van der Waals surface area contributed by atoms with E-state index in [2.05, 4.69) is 46.8 Å². The second kappa shape index (κ2) is 9.60. The number of anilines is 1. The Morgan fingerprint density at radius 2 is 2.00 bits per heavy atom. The second-order valence-electron chi connectivity index (χ2n) is 5.27. The highest BCUT2D eigenvalue weighted by Crippen LogP contribution is 2.18. The van der Waals surface area contributed by atoms with Crippen molar-refractivity contribution >= 4 is 22.4 Å². The van der Waals surface area contributed by atoms with Gasteiger partial charge in [-0.2, -0.15) is 0 Å². The van der Waals surface area contributed by atoms with E-state index in [-0.39, 0.29) is 0 Å². The Kier molecular flexibility index (Phi) is 8.12. The summed E-state index contributed by atoms with van der Waals surface area (Å²) in [5, 5.41) is 9.81. The molecule has 0 aliphatic rings. The lowest BCUT2D eigenvalue weighted by atomic mass is 10.0. The SMILES string of the molecule is CCNC(=NCc1csc(N(C)C)n1)NCC(CC)CC. The maximum Gasteiger partial charge on any atom is 0.191 e. The summed E-state index contributed by atoms with van der Waals surface area (Å²) in [5.74, 6) is 1.58. The van der Waals surface area contributed by atoms with Crippen LogP contribution in [0.5, 0.6) is 0 Å². The van der Waals surface area contributed by atoms with Crippen LogP contribution in [0.25, 0.3) is 0 Å². The Hall–Kier alpha value is -1.30. The monoisotopic (exact) mass is 311 g/mol. The van der Waals surface area contributed by atoms with E-state index >= 15 is 0 Å². The van der Waals surface area contributed by atoms with Gasteiger partial charge in [-0.25, -0.2) is 9.98 Å². The number of aromatic nitrogens is 1. The minimum absolute atomic E-state index is 0.614. The van der Waals surface area contributed by atoms with Crippen LogP contribution in [-0.2, 0) is 6.54 Å². The smallest absolute Gasteiger partial charge is 0.191 e. The third-order valence-corrected chi connectivity index (χ3v) is 4.44. The van der Waals surface area contributed by atoms with E-state index in [9.17, 15) is 0 Å². The minimum atomic E-state index is 0.614. The molecule has 0 aliphatic heterocycles. The number of hydrogen-bond donors (Lipinski definition) is 2. The van der Waals surface area contributed by atoms with E-state index < -0.39 is 0 Å². The number of rotatable bonds is 8. The van der Waals surface area contributed by atoms with Crippen LogP contribution in [0.3, 0.4) is 0 Å². The van der Waals surface area contributed by atoms with Crippen molar-refractivity contribution in [2.24, 2.45) is 10.9 Å². The van der Waals surface area contributed by atoms with Crippen molar-refractivity contribution in [3.05, 3.63) is 11.1 Å². The van der Waals surface area contributed by atoms with Gasteiger partial charge in [-0.3, -0.25) is 0 Å². The van der Waals surface area contributed by atoms with Crippen molar-refractivity contribution in [1.82, 2.24) is 15.6 Å². The molecule has 0 saturated heterocycles. The molecule has 0 aromatic carbocycles. The largest absolute Gasteiger partial charge is 0.357 e.